The van der Waals surface area contributed by atoms with Crippen molar-refractivity contribution in [1.29, 1.82) is 0 Å². The molecule has 1 heterocycles. The minimum Gasteiger partial charge on any atom is -0.353 e. The van der Waals surface area contributed by atoms with E-state index in [9.17, 15) is 18.4 Å². The van der Waals surface area contributed by atoms with Crippen LogP contribution in [0.3, 0.4) is 0 Å². The van der Waals surface area contributed by atoms with E-state index in [1.165, 1.54) is 4.90 Å². The highest BCUT2D eigenvalue weighted by atomic mass is 19.1. The summed E-state index contributed by atoms with van der Waals surface area (Å²) in [6, 6.07) is 2.81. The molecule has 0 aliphatic carbocycles. The van der Waals surface area contributed by atoms with Crippen LogP contribution in [-0.2, 0) is 9.59 Å². The Balaban J connectivity index is 2.01. The Hall–Kier alpha value is -2.02. The summed E-state index contributed by atoms with van der Waals surface area (Å²) in [5, 5.41) is 2.64. The lowest BCUT2D eigenvalue weighted by molar-refractivity contribution is -0.139. The van der Waals surface area contributed by atoms with Crippen molar-refractivity contribution in [3.8, 4) is 0 Å². The number of piperazine rings is 1. The van der Waals surface area contributed by atoms with Crippen LogP contribution in [0, 0.1) is 11.6 Å². The second-order valence-electron chi connectivity index (χ2n) is 5.42. The number of nitrogens with zero attached hydrogens (tertiary/aromatic N) is 2. The molecule has 1 aromatic rings. The zero-order chi connectivity index (χ0) is 16.3. The van der Waals surface area contributed by atoms with Gasteiger partial charge in [0.05, 0.1) is 13.1 Å². The lowest BCUT2D eigenvalue weighted by Gasteiger charge is -2.30. The molecule has 2 rings (SSSR count). The van der Waals surface area contributed by atoms with Crippen LogP contribution in [0.15, 0.2) is 18.2 Å². The minimum absolute atomic E-state index is 0.0321. The third kappa shape index (κ3) is 3.79. The predicted octanol–water partition coefficient (Wildman–Crippen LogP) is 0.916. The number of carbonyl (C=O) groups excluding carboxylic acids is 2. The molecule has 1 aliphatic rings. The molecule has 1 aliphatic heterocycles. The van der Waals surface area contributed by atoms with Crippen molar-refractivity contribution >= 4 is 11.8 Å². The maximum absolute atomic E-state index is 13.8. The second kappa shape index (κ2) is 6.83. The SMILES string of the molecule is C[C@@H](c1cc(F)ccc1F)N(C)CC(=O)N1CCNC(=O)C1. The molecule has 1 saturated heterocycles. The van der Waals surface area contributed by atoms with Gasteiger partial charge in [0.1, 0.15) is 11.6 Å². The summed E-state index contributed by atoms with van der Waals surface area (Å²) in [5.41, 5.74) is 0.201. The molecule has 0 bridgehead atoms. The fraction of sp³-hybridized carbons (Fsp3) is 0.467. The Morgan fingerprint density at radius 2 is 2.18 bits per heavy atom. The van der Waals surface area contributed by atoms with Gasteiger partial charge in [-0.15, -0.1) is 0 Å². The quantitative estimate of drug-likeness (QED) is 0.899. The molecule has 2 amide bonds. The van der Waals surface area contributed by atoms with Gasteiger partial charge in [-0.25, -0.2) is 8.78 Å². The van der Waals surface area contributed by atoms with Gasteiger partial charge in [-0.05, 0) is 32.2 Å². The van der Waals surface area contributed by atoms with Crippen molar-refractivity contribution in [1.82, 2.24) is 15.1 Å². The van der Waals surface area contributed by atoms with Gasteiger partial charge >= 0.3 is 0 Å². The molecule has 1 atom stereocenters. The number of likely N-dealkylation sites (N-methyl/N-ethyl adjacent to an activating group) is 1. The third-order valence-corrected chi connectivity index (χ3v) is 3.85. The summed E-state index contributed by atoms with van der Waals surface area (Å²) in [5.74, 6) is -1.42. The van der Waals surface area contributed by atoms with E-state index in [1.807, 2.05) is 0 Å². The lowest BCUT2D eigenvalue weighted by atomic mass is 10.1. The number of halogens is 2. The van der Waals surface area contributed by atoms with E-state index in [2.05, 4.69) is 5.32 Å². The molecule has 1 fully saturated rings. The summed E-state index contributed by atoms with van der Waals surface area (Å²) in [6.45, 7) is 2.66. The van der Waals surface area contributed by atoms with Crippen molar-refractivity contribution in [2.24, 2.45) is 0 Å². The highest BCUT2D eigenvalue weighted by Gasteiger charge is 2.24. The van der Waals surface area contributed by atoms with E-state index in [1.54, 1.807) is 18.9 Å². The first kappa shape index (κ1) is 16.4. The number of rotatable bonds is 4. The molecule has 120 valence electrons. The maximum atomic E-state index is 13.8. The molecule has 1 aromatic carbocycles. The normalized spacial score (nSPS) is 16.6. The number of amides is 2. The van der Waals surface area contributed by atoms with Crippen molar-refractivity contribution in [2.75, 3.05) is 33.2 Å². The fourth-order valence-corrected chi connectivity index (χ4v) is 2.37. The summed E-state index contributed by atoms with van der Waals surface area (Å²) in [6.07, 6.45) is 0. The van der Waals surface area contributed by atoms with Crippen LogP contribution < -0.4 is 5.32 Å². The van der Waals surface area contributed by atoms with Gasteiger partial charge in [0.25, 0.3) is 0 Å². The molecule has 0 aromatic heterocycles. The summed E-state index contributed by atoms with van der Waals surface area (Å²) in [4.78, 5) is 26.6. The van der Waals surface area contributed by atoms with Gasteiger partial charge in [-0.2, -0.15) is 0 Å². The Morgan fingerprint density at radius 3 is 2.86 bits per heavy atom. The van der Waals surface area contributed by atoms with Gasteiger partial charge in [0.15, 0.2) is 0 Å². The summed E-state index contributed by atoms with van der Waals surface area (Å²) in [7, 11) is 1.66. The van der Waals surface area contributed by atoms with E-state index in [-0.39, 0.29) is 30.5 Å². The van der Waals surface area contributed by atoms with Crippen molar-refractivity contribution < 1.29 is 18.4 Å². The van der Waals surface area contributed by atoms with Gasteiger partial charge in [0.2, 0.25) is 11.8 Å². The number of hydrogen-bond donors (Lipinski definition) is 1. The standard InChI is InChI=1S/C15H19F2N3O2/c1-10(12-7-11(16)3-4-13(12)17)19(2)9-15(22)20-6-5-18-14(21)8-20/h3-4,7,10H,5-6,8-9H2,1-2H3,(H,18,21)/t10-/m0/s1. The average Bonchev–Trinajstić information content (AvgIpc) is 2.48. The average molecular weight is 311 g/mol. The number of benzene rings is 1. The van der Waals surface area contributed by atoms with E-state index in [0.29, 0.717) is 13.1 Å². The Morgan fingerprint density at radius 1 is 1.45 bits per heavy atom. The van der Waals surface area contributed by atoms with Crippen LogP contribution >= 0.6 is 0 Å². The molecule has 7 heteroatoms. The molecule has 5 nitrogen and oxygen atoms in total. The third-order valence-electron chi connectivity index (χ3n) is 3.85. The van der Waals surface area contributed by atoms with E-state index < -0.39 is 17.7 Å². The Kier molecular flexibility index (Phi) is 5.07. The molecule has 1 N–H and O–H groups in total. The molecular weight excluding hydrogens is 292 g/mol. The molecule has 0 unspecified atom stereocenters. The summed E-state index contributed by atoms with van der Waals surface area (Å²) >= 11 is 0. The highest BCUT2D eigenvalue weighted by Crippen LogP contribution is 2.22. The first-order valence-corrected chi connectivity index (χ1v) is 7.08. The zero-order valence-electron chi connectivity index (χ0n) is 12.6. The largest absolute Gasteiger partial charge is 0.353 e. The van der Waals surface area contributed by atoms with Crippen molar-refractivity contribution in [2.45, 2.75) is 13.0 Å². The van der Waals surface area contributed by atoms with E-state index in [0.717, 1.165) is 18.2 Å². The first-order valence-electron chi connectivity index (χ1n) is 7.08. The van der Waals surface area contributed by atoms with Gasteiger partial charge < -0.3 is 10.2 Å². The number of carbonyl (C=O) groups is 2. The fourth-order valence-electron chi connectivity index (χ4n) is 2.37. The van der Waals surface area contributed by atoms with Crippen LogP contribution in [0.1, 0.15) is 18.5 Å². The van der Waals surface area contributed by atoms with Crippen LogP contribution in [0.2, 0.25) is 0 Å². The molecule has 0 spiro atoms. The Bertz CT molecular complexity index is 580. The number of nitrogens with one attached hydrogen (secondary N) is 1. The summed E-state index contributed by atoms with van der Waals surface area (Å²) < 4.78 is 27.0. The highest BCUT2D eigenvalue weighted by molar-refractivity contribution is 5.86. The molecular formula is C15H19F2N3O2. The van der Waals surface area contributed by atoms with Gasteiger partial charge in [-0.1, -0.05) is 0 Å². The maximum Gasteiger partial charge on any atom is 0.239 e. The molecule has 0 saturated carbocycles. The molecule has 0 radical (unpaired) electrons. The predicted molar refractivity (Wildman–Crippen MR) is 77.0 cm³/mol. The first-order chi connectivity index (χ1) is 10.4. The van der Waals surface area contributed by atoms with Crippen LogP contribution in [0.25, 0.3) is 0 Å². The monoisotopic (exact) mass is 311 g/mol. The number of hydrogen-bond acceptors (Lipinski definition) is 3. The van der Waals surface area contributed by atoms with E-state index in [4.69, 9.17) is 0 Å². The van der Waals surface area contributed by atoms with Crippen molar-refractivity contribution in [3.05, 3.63) is 35.4 Å². The van der Waals surface area contributed by atoms with Crippen LogP contribution in [0.4, 0.5) is 8.78 Å². The van der Waals surface area contributed by atoms with Gasteiger partial charge in [0, 0.05) is 24.7 Å². The Labute approximate surface area is 127 Å². The van der Waals surface area contributed by atoms with Crippen LogP contribution in [0.5, 0.6) is 0 Å². The van der Waals surface area contributed by atoms with Gasteiger partial charge in [-0.3, -0.25) is 14.5 Å². The smallest absolute Gasteiger partial charge is 0.239 e. The topological polar surface area (TPSA) is 52.7 Å². The van der Waals surface area contributed by atoms with E-state index >= 15 is 0 Å². The lowest BCUT2D eigenvalue weighted by Crippen LogP contribution is -2.52. The molecule has 22 heavy (non-hydrogen) atoms. The zero-order valence-corrected chi connectivity index (χ0v) is 12.6. The second-order valence-corrected chi connectivity index (χ2v) is 5.42. The minimum atomic E-state index is -0.518. The van der Waals surface area contributed by atoms with Crippen LogP contribution in [-0.4, -0.2) is 54.8 Å². The van der Waals surface area contributed by atoms with Crippen molar-refractivity contribution in [3.63, 3.8) is 0 Å².